The van der Waals surface area contributed by atoms with Gasteiger partial charge in [-0.15, -0.1) is 0 Å². The van der Waals surface area contributed by atoms with Crippen LogP contribution in [0.25, 0.3) is 0 Å². The fraction of sp³-hybridized carbons (Fsp3) is 1.00. The molecule has 10 heteroatoms. The van der Waals surface area contributed by atoms with Crippen molar-refractivity contribution in [2.45, 2.75) is 31.5 Å². The van der Waals surface area contributed by atoms with Crippen molar-refractivity contribution in [3.8, 4) is 0 Å². The Kier molecular flexibility index (Phi) is 11.1. The fourth-order valence-electron chi connectivity index (χ4n) is 1.20. The van der Waals surface area contributed by atoms with Gasteiger partial charge in [-0.3, -0.25) is 9.41 Å². The van der Waals surface area contributed by atoms with Crippen molar-refractivity contribution >= 4 is 0 Å². The molecule has 1 saturated heterocycles. The molecule has 1 fully saturated rings. The summed E-state index contributed by atoms with van der Waals surface area (Å²) in [6, 6.07) is 0. The highest BCUT2D eigenvalue weighted by molar-refractivity contribution is 4.55. The van der Waals surface area contributed by atoms with Crippen LogP contribution in [-0.2, 0) is 18.9 Å². The largest absolute Gasteiger partial charge is 0.357 e. The number of alkyl halides is 4. The highest BCUT2D eigenvalue weighted by atomic mass is 19.3. The highest BCUT2D eigenvalue weighted by Gasteiger charge is 2.31. The van der Waals surface area contributed by atoms with Gasteiger partial charge in [0.2, 0.25) is 0 Å². The molecule has 0 aromatic rings. The predicted octanol–water partition coefficient (Wildman–Crippen LogP) is 2.68. The van der Waals surface area contributed by atoms with Gasteiger partial charge < -0.3 is 18.9 Å². The van der Waals surface area contributed by atoms with Crippen LogP contribution in [0.3, 0.4) is 0 Å². The van der Waals surface area contributed by atoms with Crippen LogP contribution in [0.5, 0.6) is 0 Å². The van der Waals surface area contributed by atoms with Gasteiger partial charge in [0.1, 0.15) is 6.79 Å². The molecule has 0 aromatic heterocycles. The minimum atomic E-state index is -3.33. The van der Waals surface area contributed by atoms with Crippen molar-refractivity contribution in [1.82, 2.24) is 0 Å². The van der Waals surface area contributed by atoms with E-state index in [0.717, 1.165) is 0 Å². The molecule has 1 aliphatic heterocycles. The second kappa shape index (κ2) is 10.2. The third kappa shape index (κ3) is 10.2. The second-order valence-electron chi connectivity index (χ2n) is 3.76. The van der Waals surface area contributed by atoms with Crippen molar-refractivity contribution in [3.63, 3.8) is 0 Å². The number of hydrogen-bond acceptors (Lipinski definition) is 4. The fourth-order valence-corrected chi connectivity index (χ4v) is 1.20. The van der Waals surface area contributed by atoms with E-state index < -0.39 is 25.1 Å². The Morgan fingerprint density at radius 3 is 1.45 bits per heavy atom. The molecular formula is C10H18F6O4. The summed E-state index contributed by atoms with van der Waals surface area (Å²) in [6.45, 7) is -1.54. The Morgan fingerprint density at radius 1 is 0.650 bits per heavy atom. The van der Waals surface area contributed by atoms with Crippen LogP contribution in [0.2, 0.25) is 0 Å². The van der Waals surface area contributed by atoms with Gasteiger partial charge in [0.25, 0.3) is 0 Å². The lowest BCUT2D eigenvalue weighted by Crippen LogP contribution is -2.27. The summed E-state index contributed by atoms with van der Waals surface area (Å²) in [5.74, 6) is 0. The topological polar surface area (TPSA) is 36.9 Å². The molecule has 0 spiro atoms. The maximum Gasteiger partial charge on any atom is 0.357 e. The van der Waals surface area contributed by atoms with Crippen molar-refractivity contribution < 1.29 is 45.9 Å². The summed E-state index contributed by atoms with van der Waals surface area (Å²) in [7, 11) is 0. The zero-order valence-corrected chi connectivity index (χ0v) is 10.6. The number of hydrogen-bond donors (Lipinski definition) is 0. The van der Waals surface area contributed by atoms with Crippen LogP contribution in [-0.4, -0.2) is 45.4 Å². The van der Waals surface area contributed by atoms with Crippen LogP contribution in [0, 0.1) is 0 Å². The Bertz CT molecular complexity index is 220. The summed E-state index contributed by atoms with van der Waals surface area (Å²) < 4.78 is 69.9. The van der Waals surface area contributed by atoms with Crippen molar-refractivity contribution in [2.24, 2.45) is 0 Å². The van der Waals surface area contributed by atoms with E-state index in [4.69, 9.17) is 9.47 Å². The Hall–Kier alpha value is -0.580. The maximum absolute atomic E-state index is 13.0. The molecule has 1 rings (SSSR count). The molecular weight excluding hydrogens is 298 g/mol. The minimum absolute atomic E-state index is 0. The Labute approximate surface area is 112 Å². The van der Waals surface area contributed by atoms with Crippen LogP contribution < -0.4 is 0 Å². The van der Waals surface area contributed by atoms with Gasteiger partial charge in [0.05, 0.1) is 39.3 Å². The number of halogens is 6. The highest BCUT2D eigenvalue weighted by Crippen LogP contribution is 2.22. The Morgan fingerprint density at radius 2 is 1.05 bits per heavy atom. The van der Waals surface area contributed by atoms with E-state index in [1.165, 1.54) is 0 Å². The molecule has 4 nitrogen and oxygen atoms in total. The van der Waals surface area contributed by atoms with Gasteiger partial charge in [-0.2, -0.15) is 17.6 Å². The first-order valence-corrected chi connectivity index (χ1v) is 5.60. The molecule has 0 N–H and O–H groups in total. The minimum Gasteiger partial charge on any atom is -0.355 e. The molecule has 0 saturated carbocycles. The maximum atomic E-state index is 13.0. The van der Waals surface area contributed by atoms with Gasteiger partial charge in [-0.1, -0.05) is 0 Å². The standard InChI is InChI=1S/C10H16F4O4.2FH/c11-9(12)2-6-15-8-16-7-3-10(13,14)18-5-1-4-17-9;;/h1-8H2;2*1H. The average Bonchev–Trinajstić information content (AvgIpc) is 2.26. The van der Waals surface area contributed by atoms with Gasteiger partial charge in [0.15, 0.2) is 0 Å². The van der Waals surface area contributed by atoms with E-state index in [1.807, 2.05) is 0 Å². The average molecular weight is 316 g/mol. The lowest BCUT2D eigenvalue weighted by molar-refractivity contribution is -0.269. The summed E-state index contributed by atoms with van der Waals surface area (Å²) in [5, 5.41) is 0. The molecule has 0 bridgehead atoms. The van der Waals surface area contributed by atoms with E-state index in [-0.39, 0.29) is 49.1 Å². The van der Waals surface area contributed by atoms with Crippen LogP contribution in [0.4, 0.5) is 27.0 Å². The van der Waals surface area contributed by atoms with Crippen molar-refractivity contribution in [2.75, 3.05) is 33.2 Å². The quantitative estimate of drug-likeness (QED) is 0.644. The smallest absolute Gasteiger partial charge is 0.355 e. The van der Waals surface area contributed by atoms with Crippen molar-refractivity contribution in [3.05, 3.63) is 0 Å². The van der Waals surface area contributed by atoms with E-state index in [1.54, 1.807) is 0 Å². The molecule has 0 atom stereocenters. The first-order chi connectivity index (χ1) is 8.41. The summed E-state index contributed by atoms with van der Waals surface area (Å²) in [4.78, 5) is 0. The van der Waals surface area contributed by atoms with Crippen LogP contribution >= 0.6 is 0 Å². The molecule has 0 aromatic carbocycles. The van der Waals surface area contributed by atoms with Gasteiger partial charge in [0, 0.05) is 0 Å². The molecule has 20 heavy (non-hydrogen) atoms. The van der Waals surface area contributed by atoms with Crippen LogP contribution in [0.15, 0.2) is 0 Å². The summed E-state index contributed by atoms with van der Waals surface area (Å²) in [6.07, 6.45) is -7.90. The van der Waals surface area contributed by atoms with E-state index in [9.17, 15) is 17.6 Å². The van der Waals surface area contributed by atoms with Gasteiger partial charge >= 0.3 is 12.2 Å². The van der Waals surface area contributed by atoms with E-state index in [2.05, 4.69) is 9.47 Å². The third-order valence-corrected chi connectivity index (χ3v) is 2.16. The summed E-state index contributed by atoms with van der Waals surface area (Å²) in [5.41, 5.74) is 0. The van der Waals surface area contributed by atoms with Crippen LogP contribution in [0.1, 0.15) is 19.3 Å². The van der Waals surface area contributed by atoms with E-state index >= 15 is 0 Å². The first-order valence-electron chi connectivity index (χ1n) is 5.60. The third-order valence-electron chi connectivity index (χ3n) is 2.16. The van der Waals surface area contributed by atoms with Gasteiger partial charge in [-0.25, -0.2) is 0 Å². The zero-order chi connectivity index (χ0) is 13.5. The first kappa shape index (κ1) is 21.7. The number of rotatable bonds is 0. The van der Waals surface area contributed by atoms with Crippen molar-refractivity contribution in [1.29, 1.82) is 0 Å². The predicted molar refractivity (Wildman–Crippen MR) is 57.4 cm³/mol. The normalized spacial score (nSPS) is 24.6. The van der Waals surface area contributed by atoms with E-state index in [0.29, 0.717) is 0 Å². The monoisotopic (exact) mass is 316 g/mol. The van der Waals surface area contributed by atoms with Gasteiger partial charge in [-0.05, 0) is 6.42 Å². The Balaban J connectivity index is 0. The molecule has 1 aliphatic rings. The molecule has 0 radical (unpaired) electrons. The molecule has 0 amide bonds. The molecule has 124 valence electrons. The zero-order valence-electron chi connectivity index (χ0n) is 10.6. The molecule has 0 unspecified atom stereocenters. The number of ether oxygens (including phenoxy) is 4. The molecule has 1 heterocycles. The SMILES string of the molecule is F.F.FC1(F)CCOCOCCC(F)(F)OCCCO1. The molecule has 0 aliphatic carbocycles. The lowest BCUT2D eigenvalue weighted by atomic mass is 10.4. The second-order valence-corrected chi connectivity index (χ2v) is 3.76. The summed E-state index contributed by atoms with van der Waals surface area (Å²) >= 11 is 0. The lowest BCUT2D eigenvalue weighted by Gasteiger charge is -2.20.